The number of allylic oxidation sites excluding steroid dienone is 4. The van der Waals surface area contributed by atoms with Crippen LogP contribution in [0.25, 0.3) is 0 Å². The number of esters is 2. The van der Waals surface area contributed by atoms with Crippen LogP contribution in [-0.4, -0.2) is 89.0 Å². The van der Waals surface area contributed by atoms with Crippen molar-refractivity contribution < 1.29 is 49.0 Å². The topological polar surface area (TPSA) is 152 Å². The summed E-state index contributed by atoms with van der Waals surface area (Å²) in [6.45, 7) is 3.36. The zero-order valence-electron chi connectivity index (χ0n) is 32.1. The normalized spacial score (nSPS) is 21.4. The molecule has 298 valence electrons. The Balaban J connectivity index is 2.40. The summed E-state index contributed by atoms with van der Waals surface area (Å²) in [7, 11) is 0. The molecular weight excluding hydrogens is 652 g/mol. The Bertz CT molecular complexity index is 892. The highest BCUT2D eigenvalue weighted by molar-refractivity contribution is 5.70. The zero-order valence-corrected chi connectivity index (χ0v) is 32.1. The monoisotopic (exact) mass is 727 g/mol. The average molecular weight is 727 g/mol. The van der Waals surface area contributed by atoms with E-state index in [4.69, 9.17) is 18.9 Å². The number of aliphatic hydroxyl groups is 4. The van der Waals surface area contributed by atoms with Gasteiger partial charge in [-0.3, -0.25) is 9.59 Å². The van der Waals surface area contributed by atoms with E-state index in [9.17, 15) is 30.0 Å². The van der Waals surface area contributed by atoms with Gasteiger partial charge in [-0.15, -0.1) is 0 Å². The number of aliphatic hydroxyl groups excluding tert-OH is 4. The van der Waals surface area contributed by atoms with E-state index in [1.54, 1.807) is 0 Å². The van der Waals surface area contributed by atoms with E-state index in [1.807, 2.05) is 0 Å². The Morgan fingerprint density at radius 1 is 0.588 bits per heavy atom. The predicted molar refractivity (Wildman–Crippen MR) is 201 cm³/mol. The standard InChI is InChI=1S/C41H74O10/c1-3-5-7-9-11-13-15-17-19-21-23-25-27-29-36(43)48-32-34(33-49-41-40(47)39(46)38(45)35(31-42)51-41)50-37(44)30-28-26-24-22-20-18-16-14-12-10-8-6-4-2/h13,15,18,20,34-35,38-42,45-47H,3-12,14,16-17,19,21-33H2,1-2H3/b15-13+,20-18+/t34-,35-,38+,39?,40?,41-/m0/s1. The molecule has 2 unspecified atom stereocenters. The molecule has 1 aliphatic heterocycles. The fourth-order valence-electron chi connectivity index (χ4n) is 6.00. The van der Waals surface area contributed by atoms with Gasteiger partial charge in [0.05, 0.1) is 13.2 Å². The Morgan fingerprint density at radius 2 is 1.04 bits per heavy atom. The second kappa shape index (κ2) is 32.8. The van der Waals surface area contributed by atoms with Crippen LogP contribution in [0, 0.1) is 0 Å². The van der Waals surface area contributed by atoms with Crippen molar-refractivity contribution in [2.75, 3.05) is 19.8 Å². The van der Waals surface area contributed by atoms with Crippen molar-refractivity contribution in [3.8, 4) is 0 Å². The first-order valence-corrected chi connectivity index (χ1v) is 20.4. The molecule has 1 fully saturated rings. The van der Waals surface area contributed by atoms with E-state index in [0.29, 0.717) is 12.8 Å². The zero-order chi connectivity index (χ0) is 37.4. The van der Waals surface area contributed by atoms with Crippen LogP contribution in [0.1, 0.15) is 168 Å². The van der Waals surface area contributed by atoms with Crippen LogP contribution >= 0.6 is 0 Å². The van der Waals surface area contributed by atoms with E-state index >= 15 is 0 Å². The Kier molecular flexibility index (Phi) is 30.4. The second-order valence-corrected chi connectivity index (χ2v) is 14.1. The van der Waals surface area contributed by atoms with E-state index < -0.39 is 49.4 Å². The Hall–Kier alpha value is -1.82. The van der Waals surface area contributed by atoms with Gasteiger partial charge < -0.3 is 39.4 Å². The summed E-state index contributed by atoms with van der Waals surface area (Å²) in [5.74, 6) is -0.835. The number of carbonyl (C=O) groups is 2. The molecule has 1 saturated heterocycles. The van der Waals surface area contributed by atoms with Gasteiger partial charge in [-0.05, 0) is 64.2 Å². The summed E-state index contributed by atoms with van der Waals surface area (Å²) in [5, 5.41) is 39.9. The molecule has 0 saturated carbocycles. The quantitative estimate of drug-likeness (QED) is 0.0300. The molecule has 0 aromatic heterocycles. The molecule has 0 amide bonds. The maximum atomic E-state index is 12.7. The molecule has 1 heterocycles. The SMILES string of the molecule is CCCCCC/C=C/CCCCCCCC(=O)OC[C@@H](CO[C@H]1O[C@@H](CO)[C@@H](O)C(O)C1O)OC(=O)CCCCC/C=C/CCCCCCCC. The van der Waals surface area contributed by atoms with E-state index in [1.165, 1.54) is 70.6 Å². The number of hydrogen-bond acceptors (Lipinski definition) is 10. The Labute approximate surface area is 309 Å². The van der Waals surface area contributed by atoms with Gasteiger partial charge >= 0.3 is 11.9 Å². The molecular formula is C41H74O10. The maximum Gasteiger partial charge on any atom is 0.306 e. The molecule has 10 heteroatoms. The van der Waals surface area contributed by atoms with Crippen molar-refractivity contribution in [2.45, 2.75) is 205 Å². The summed E-state index contributed by atoms with van der Waals surface area (Å²) in [5.41, 5.74) is 0. The summed E-state index contributed by atoms with van der Waals surface area (Å²) in [6.07, 6.45) is 26.1. The van der Waals surface area contributed by atoms with Crippen LogP contribution in [0.5, 0.6) is 0 Å². The van der Waals surface area contributed by atoms with Gasteiger partial charge in [-0.1, -0.05) is 115 Å². The number of rotatable bonds is 33. The summed E-state index contributed by atoms with van der Waals surface area (Å²) in [6, 6.07) is 0. The lowest BCUT2D eigenvalue weighted by molar-refractivity contribution is -0.305. The first-order chi connectivity index (χ1) is 24.8. The molecule has 51 heavy (non-hydrogen) atoms. The molecule has 0 spiro atoms. The van der Waals surface area contributed by atoms with Crippen molar-refractivity contribution in [1.29, 1.82) is 0 Å². The number of carbonyl (C=O) groups excluding carboxylic acids is 2. The second-order valence-electron chi connectivity index (χ2n) is 14.1. The summed E-state index contributed by atoms with van der Waals surface area (Å²) >= 11 is 0. The predicted octanol–water partition coefficient (Wildman–Crippen LogP) is 7.77. The van der Waals surface area contributed by atoms with Crippen molar-refractivity contribution in [1.82, 2.24) is 0 Å². The minimum absolute atomic E-state index is 0.209. The van der Waals surface area contributed by atoms with Crippen LogP contribution in [0.15, 0.2) is 24.3 Å². The molecule has 6 atom stereocenters. The molecule has 0 aromatic rings. The van der Waals surface area contributed by atoms with Crippen molar-refractivity contribution in [3.05, 3.63) is 24.3 Å². The third-order valence-electron chi connectivity index (χ3n) is 9.31. The molecule has 1 aliphatic rings. The van der Waals surface area contributed by atoms with Gasteiger partial charge in [0.2, 0.25) is 0 Å². The lowest BCUT2D eigenvalue weighted by Gasteiger charge is -2.39. The van der Waals surface area contributed by atoms with Crippen LogP contribution < -0.4 is 0 Å². The van der Waals surface area contributed by atoms with Crippen molar-refractivity contribution >= 4 is 11.9 Å². The number of ether oxygens (including phenoxy) is 4. The minimum Gasteiger partial charge on any atom is -0.462 e. The molecule has 0 bridgehead atoms. The van der Waals surface area contributed by atoms with Gasteiger partial charge in [0.1, 0.15) is 31.0 Å². The molecule has 0 aromatic carbocycles. The largest absolute Gasteiger partial charge is 0.462 e. The lowest BCUT2D eigenvalue weighted by Crippen LogP contribution is -2.59. The van der Waals surface area contributed by atoms with Crippen LogP contribution in [0.2, 0.25) is 0 Å². The summed E-state index contributed by atoms with van der Waals surface area (Å²) < 4.78 is 22.1. The van der Waals surface area contributed by atoms with E-state index in [2.05, 4.69) is 38.2 Å². The molecule has 10 nitrogen and oxygen atoms in total. The molecule has 0 radical (unpaired) electrons. The van der Waals surface area contributed by atoms with Crippen LogP contribution in [-0.2, 0) is 28.5 Å². The number of unbranched alkanes of at least 4 members (excludes halogenated alkanes) is 18. The Morgan fingerprint density at radius 3 is 1.57 bits per heavy atom. The maximum absolute atomic E-state index is 12.7. The number of hydrogen-bond donors (Lipinski definition) is 4. The third kappa shape index (κ3) is 24.9. The van der Waals surface area contributed by atoms with Crippen molar-refractivity contribution in [2.24, 2.45) is 0 Å². The van der Waals surface area contributed by atoms with Crippen molar-refractivity contribution in [3.63, 3.8) is 0 Å². The fraction of sp³-hybridized carbons (Fsp3) is 0.854. The third-order valence-corrected chi connectivity index (χ3v) is 9.31. The van der Waals surface area contributed by atoms with Crippen LogP contribution in [0.3, 0.4) is 0 Å². The highest BCUT2D eigenvalue weighted by atomic mass is 16.7. The first kappa shape index (κ1) is 47.2. The smallest absolute Gasteiger partial charge is 0.306 e. The van der Waals surface area contributed by atoms with Gasteiger partial charge in [0.25, 0.3) is 0 Å². The molecule has 1 rings (SSSR count). The summed E-state index contributed by atoms with van der Waals surface area (Å²) in [4.78, 5) is 25.2. The first-order valence-electron chi connectivity index (χ1n) is 20.4. The van der Waals surface area contributed by atoms with Gasteiger partial charge in [-0.25, -0.2) is 0 Å². The van der Waals surface area contributed by atoms with Crippen LogP contribution in [0.4, 0.5) is 0 Å². The highest BCUT2D eigenvalue weighted by Gasteiger charge is 2.44. The highest BCUT2D eigenvalue weighted by Crippen LogP contribution is 2.22. The minimum atomic E-state index is -1.60. The fourth-order valence-corrected chi connectivity index (χ4v) is 6.00. The average Bonchev–Trinajstić information content (AvgIpc) is 3.13. The van der Waals surface area contributed by atoms with Gasteiger partial charge in [-0.2, -0.15) is 0 Å². The lowest BCUT2D eigenvalue weighted by atomic mass is 9.99. The van der Waals surface area contributed by atoms with E-state index in [-0.39, 0.29) is 32.0 Å². The van der Waals surface area contributed by atoms with Gasteiger partial charge in [0.15, 0.2) is 12.4 Å². The van der Waals surface area contributed by atoms with Gasteiger partial charge in [0, 0.05) is 12.8 Å². The molecule has 0 aliphatic carbocycles. The van der Waals surface area contributed by atoms with E-state index in [0.717, 1.165) is 57.8 Å². The molecule has 4 N–H and O–H groups in total.